The number of anilines is 2. The molecule has 1 N–H and O–H groups in total. The number of ether oxygens (including phenoxy) is 1. The zero-order chi connectivity index (χ0) is 22.3. The Kier molecular flexibility index (Phi) is 7.24. The van der Waals surface area contributed by atoms with Crippen molar-refractivity contribution in [2.75, 3.05) is 43.0 Å². The predicted octanol–water partition coefficient (Wildman–Crippen LogP) is 4.07. The highest BCUT2D eigenvalue weighted by Crippen LogP contribution is 2.30. The van der Waals surface area contributed by atoms with Gasteiger partial charge < -0.3 is 19.9 Å². The zero-order valence-electron chi connectivity index (χ0n) is 18.3. The number of nitrogens with one attached hydrogen (secondary N) is 1. The molecular formula is C25H30FN3O3. The molecule has 0 spiro atoms. The van der Waals surface area contributed by atoms with Crippen LogP contribution in [-0.4, -0.2) is 49.5 Å². The molecule has 2 heterocycles. The van der Waals surface area contributed by atoms with Crippen LogP contribution in [0.15, 0.2) is 48.5 Å². The van der Waals surface area contributed by atoms with Crippen LogP contribution in [0.3, 0.4) is 0 Å². The molecular weight excluding hydrogens is 409 g/mol. The average molecular weight is 440 g/mol. The molecule has 2 aromatic carbocycles. The predicted molar refractivity (Wildman–Crippen MR) is 122 cm³/mol. The first-order valence-electron chi connectivity index (χ1n) is 11.4. The summed E-state index contributed by atoms with van der Waals surface area (Å²) in [5.41, 5.74) is 1.41. The summed E-state index contributed by atoms with van der Waals surface area (Å²) in [6.45, 7) is 2.85. The molecule has 2 amide bonds. The second-order valence-corrected chi connectivity index (χ2v) is 8.46. The molecule has 0 radical (unpaired) electrons. The smallest absolute Gasteiger partial charge is 0.260 e. The van der Waals surface area contributed by atoms with E-state index >= 15 is 0 Å². The number of piperidine rings is 2. The largest absolute Gasteiger partial charge is 0.484 e. The van der Waals surface area contributed by atoms with Crippen molar-refractivity contribution in [2.45, 2.75) is 32.1 Å². The van der Waals surface area contributed by atoms with Crippen LogP contribution in [0.25, 0.3) is 0 Å². The third-order valence-corrected chi connectivity index (χ3v) is 6.24. The van der Waals surface area contributed by atoms with Crippen LogP contribution in [0.4, 0.5) is 15.8 Å². The van der Waals surface area contributed by atoms with Crippen LogP contribution in [0.2, 0.25) is 0 Å². The average Bonchev–Trinajstić information content (AvgIpc) is 2.84. The van der Waals surface area contributed by atoms with Crippen molar-refractivity contribution in [1.82, 2.24) is 4.90 Å². The lowest BCUT2D eigenvalue weighted by molar-refractivity contribution is -0.136. The van der Waals surface area contributed by atoms with Crippen LogP contribution >= 0.6 is 0 Å². The van der Waals surface area contributed by atoms with E-state index in [1.54, 1.807) is 11.0 Å². The van der Waals surface area contributed by atoms with Crippen molar-refractivity contribution in [3.8, 4) is 5.75 Å². The number of hydrogen-bond acceptors (Lipinski definition) is 4. The third-order valence-electron chi connectivity index (χ3n) is 6.24. The maximum Gasteiger partial charge on any atom is 0.260 e. The van der Waals surface area contributed by atoms with Gasteiger partial charge in [0.2, 0.25) is 5.91 Å². The van der Waals surface area contributed by atoms with Crippen molar-refractivity contribution in [1.29, 1.82) is 0 Å². The Bertz CT molecular complexity index is 923. The number of hydrogen-bond donors (Lipinski definition) is 1. The summed E-state index contributed by atoms with van der Waals surface area (Å²) in [6, 6.07) is 13.8. The molecule has 0 bridgehead atoms. The standard InChI is InChI=1S/C25H30FN3O3/c26-20-9-10-23(28-13-5-2-6-14-28)22(17-20)27-25(31)19-11-15-29(16-12-19)24(30)18-32-21-7-3-1-4-8-21/h1,3-4,7-10,17,19H,2,5-6,11-16,18H2,(H,27,31). The van der Waals surface area contributed by atoms with Gasteiger partial charge in [-0.3, -0.25) is 9.59 Å². The number of amides is 2. The Hall–Kier alpha value is -3.09. The van der Waals surface area contributed by atoms with Gasteiger partial charge >= 0.3 is 0 Å². The number of carbonyl (C=O) groups excluding carboxylic acids is 2. The van der Waals surface area contributed by atoms with E-state index in [4.69, 9.17) is 4.74 Å². The summed E-state index contributed by atoms with van der Waals surface area (Å²) in [7, 11) is 0. The number of para-hydroxylation sites is 1. The lowest BCUT2D eigenvalue weighted by Crippen LogP contribution is -2.43. The van der Waals surface area contributed by atoms with Crippen molar-refractivity contribution in [3.63, 3.8) is 0 Å². The van der Waals surface area contributed by atoms with Crippen LogP contribution in [-0.2, 0) is 9.59 Å². The summed E-state index contributed by atoms with van der Waals surface area (Å²) in [5, 5.41) is 2.96. The Morgan fingerprint density at radius 2 is 1.69 bits per heavy atom. The number of rotatable bonds is 6. The quantitative estimate of drug-likeness (QED) is 0.737. The highest BCUT2D eigenvalue weighted by molar-refractivity contribution is 5.96. The van der Waals surface area contributed by atoms with E-state index in [2.05, 4.69) is 10.2 Å². The highest BCUT2D eigenvalue weighted by atomic mass is 19.1. The van der Waals surface area contributed by atoms with E-state index in [0.29, 0.717) is 37.4 Å². The minimum absolute atomic E-state index is 0.0106. The van der Waals surface area contributed by atoms with E-state index in [9.17, 15) is 14.0 Å². The molecule has 0 aliphatic carbocycles. The van der Waals surface area contributed by atoms with Gasteiger partial charge in [-0.05, 0) is 62.4 Å². The van der Waals surface area contributed by atoms with Gasteiger partial charge in [0, 0.05) is 32.1 Å². The molecule has 32 heavy (non-hydrogen) atoms. The third kappa shape index (κ3) is 5.58. The molecule has 2 saturated heterocycles. The van der Waals surface area contributed by atoms with Crippen LogP contribution in [0.5, 0.6) is 5.75 Å². The maximum absolute atomic E-state index is 13.9. The summed E-state index contributed by atoms with van der Waals surface area (Å²) in [5.74, 6) is -0.0899. The van der Waals surface area contributed by atoms with E-state index in [-0.39, 0.29) is 30.2 Å². The van der Waals surface area contributed by atoms with Crippen LogP contribution < -0.4 is 15.0 Å². The van der Waals surface area contributed by atoms with Gasteiger partial charge in [0.05, 0.1) is 11.4 Å². The monoisotopic (exact) mass is 439 g/mol. The lowest BCUT2D eigenvalue weighted by Gasteiger charge is -2.33. The van der Waals surface area contributed by atoms with Gasteiger partial charge in [0.1, 0.15) is 11.6 Å². The zero-order valence-corrected chi connectivity index (χ0v) is 18.3. The molecule has 4 rings (SSSR count). The van der Waals surface area contributed by atoms with Crippen LogP contribution in [0, 0.1) is 11.7 Å². The van der Waals surface area contributed by atoms with E-state index in [0.717, 1.165) is 31.6 Å². The van der Waals surface area contributed by atoms with E-state index < -0.39 is 0 Å². The number of likely N-dealkylation sites (tertiary alicyclic amines) is 1. The second kappa shape index (κ2) is 10.5. The molecule has 0 unspecified atom stereocenters. The van der Waals surface area contributed by atoms with Crippen molar-refractivity contribution < 1.29 is 18.7 Å². The molecule has 0 aromatic heterocycles. The number of halogens is 1. The van der Waals surface area contributed by atoms with Gasteiger partial charge in [-0.1, -0.05) is 18.2 Å². The van der Waals surface area contributed by atoms with Crippen LogP contribution in [0.1, 0.15) is 32.1 Å². The number of nitrogens with zero attached hydrogens (tertiary/aromatic N) is 2. The molecule has 0 atom stereocenters. The van der Waals surface area contributed by atoms with Gasteiger partial charge in [-0.2, -0.15) is 0 Å². The normalized spacial score (nSPS) is 17.2. The van der Waals surface area contributed by atoms with Gasteiger partial charge in [0.25, 0.3) is 5.91 Å². The molecule has 0 saturated carbocycles. The first-order valence-corrected chi connectivity index (χ1v) is 11.4. The lowest BCUT2D eigenvalue weighted by atomic mass is 9.95. The maximum atomic E-state index is 13.9. The van der Waals surface area contributed by atoms with Crippen molar-refractivity contribution in [2.24, 2.45) is 5.92 Å². The Balaban J connectivity index is 1.30. The molecule has 170 valence electrons. The fraction of sp³-hybridized carbons (Fsp3) is 0.440. The first-order chi connectivity index (χ1) is 15.6. The summed E-state index contributed by atoms with van der Waals surface area (Å²) >= 11 is 0. The minimum Gasteiger partial charge on any atom is -0.484 e. The molecule has 2 fully saturated rings. The molecule has 2 aliphatic rings. The Morgan fingerprint density at radius 1 is 0.969 bits per heavy atom. The van der Waals surface area contributed by atoms with Crippen molar-refractivity contribution >= 4 is 23.2 Å². The Morgan fingerprint density at radius 3 is 2.41 bits per heavy atom. The fourth-order valence-corrected chi connectivity index (χ4v) is 4.40. The van der Waals surface area contributed by atoms with Crippen molar-refractivity contribution in [3.05, 3.63) is 54.3 Å². The van der Waals surface area contributed by atoms with Gasteiger partial charge in [0.15, 0.2) is 6.61 Å². The topological polar surface area (TPSA) is 61.9 Å². The molecule has 7 heteroatoms. The van der Waals surface area contributed by atoms with E-state index in [1.807, 2.05) is 30.3 Å². The number of carbonyl (C=O) groups is 2. The highest BCUT2D eigenvalue weighted by Gasteiger charge is 2.28. The van der Waals surface area contributed by atoms with Gasteiger partial charge in [-0.25, -0.2) is 4.39 Å². The second-order valence-electron chi connectivity index (χ2n) is 8.46. The summed E-state index contributed by atoms with van der Waals surface area (Å²) in [6.07, 6.45) is 4.57. The van der Waals surface area contributed by atoms with E-state index in [1.165, 1.54) is 18.6 Å². The summed E-state index contributed by atoms with van der Waals surface area (Å²) < 4.78 is 19.5. The molecule has 2 aromatic rings. The summed E-state index contributed by atoms with van der Waals surface area (Å²) in [4.78, 5) is 29.3. The first kappa shape index (κ1) is 22.1. The Labute approximate surface area is 188 Å². The molecule has 2 aliphatic heterocycles. The van der Waals surface area contributed by atoms with Gasteiger partial charge in [-0.15, -0.1) is 0 Å². The minimum atomic E-state index is -0.361. The number of benzene rings is 2. The fourth-order valence-electron chi connectivity index (χ4n) is 4.40. The molecule has 6 nitrogen and oxygen atoms in total. The SMILES string of the molecule is O=C(Nc1cc(F)ccc1N1CCCCC1)C1CCN(C(=O)COc2ccccc2)CC1.